The first-order chi connectivity index (χ1) is 63.5. The minimum Gasteiger partial charge on any atom is -0.324 e. The van der Waals surface area contributed by atoms with Crippen LogP contribution in [0.5, 0.6) is 0 Å². The second kappa shape index (κ2) is 52.0. The van der Waals surface area contributed by atoms with Gasteiger partial charge < -0.3 is 9.97 Å². The summed E-state index contributed by atoms with van der Waals surface area (Å²) in [7, 11) is 0. The Morgan fingerprint density at radius 1 is 0.211 bits per heavy atom. The Kier molecular flexibility index (Phi) is 39.0. The monoisotopic (exact) mass is 2000 g/mol. The summed E-state index contributed by atoms with van der Waals surface area (Å²) >= 11 is 32.3. The molecule has 2 N–H and O–H groups in total. The van der Waals surface area contributed by atoms with Crippen molar-refractivity contribution in [3.8, 4) is 45.6 Å². The average molecular weight is 2010 g/mol. The number of hydrogen-bond donors (Lipinski definition) is 2. The van der Waals surface area contributed by atoms with E-state index in [1.807, 2.05) is 143 Å². The van der Waals surface area contributed by atoms with E-state index in [4.69, 9.17) is 49.8 Å². The molecule has 0 saturated heterocycles. The molecular weight excluding hydrogens is 1890 g/mol. The Bertz CT molecular complexity index is 4960. The predicted molar refractivity (Wildman–Crippen MR) is 575 cm³/mol. The molecule has 0 saturated carbocycles. The fourth-order valence-corrected chi connectivity index (χ4v) is 33.2. The number of nitrogens with zero attached hydrogens (tertiary/aromatic N) is 14. The predicted octanol–water partition coefficient (Wildman–Crippen LogP) is 24.2. The number of aromatic nitrogens is 12. The van der Waals surface area contributed by atoms with E-state index >= 15 is 0 Å². The molecule has 128 heavy (non-hydrogen) atoms. The summed E-state index contributed by atoms with van der Waals surface area (Å²) in [6.45, 7) is 11.9. The van der Waals surface area contributed by atoms with Gasteiger partial charge in [0.1, 0.15) is 22.6 Å². The number of thioether (sulfide) groups is 16. The molecule has 16 nitrogen and oxygen atoms in total. The van der Waals surface area contributed by atoms with Gasteiger partial charge in [0.2, 0.25) is 0 Å². The van der Waals surface area contributed by atoms with Crippen LogP contribution >= 0.6 is 188 Å². The molecule has 0 atom stereocenters. The van der Waals surface area contributed by atoms with Gasteiger partial charge in [-0.25, -0.2) is 29.9 Å². The fraction of sp³-hybridized carbons (Fsp3) is 0.458. The zero-order valence-electron chi connectivity index (χ0n) is 72.8. The van der Waals surface area contributed by atoms with Crippen LogP contribution in [0, 0.1) is 0 Å². The van der Waals surface area contributed by atoms with E-state index in [0.29, 0.717) is 23.3 Å². The van der Waals surface area contributed by atoms with Crippen LogP contribution in [0.4, 0.5) is 0 Å². The van der Waals surface area contributed by atoms with Gasteiger partial charge in [-0.3, -0.25) is 39.5 Å². The number of pyridine rings is 4. The summed E-state index contributed by atoms with van der Waals surface area (Å²) in [5, 5.41) is 4.38. The van der Waals surface area contributed by atoms with Crippen LogP contribution in [-0.2, 0) is 26.2 Å². The first-order valence-corrected chi connectivity index (χ1v) is 62.3. The molecule has 0 spiro atoms. The van der Waals surface area contributed by atoms with E-state index in [9.17, 15) is 0 Å². The third kappa shape index (κ3) is 27.4. The van der Waals surface area contributed by atoms with Crippen molar-refractivity contribution in [2.75, 3.05) is 190 Å². The lowest BCUT2D eigenvalue weighted by molar-refractivity contribution is 0.297. The number of aromatic amines is 2. The maximum atomic E-state index is 6.14. The third-order valence-electron chi connectivity index (χ3n) is 22.5. The van der Waals surface area contributed by atoms with E-state index in [-0.39, 0.29) is 0 Å². The highest BCUT2D eigenvalue weighted by atomic mass is 32.2. The number of H-pyrrole nitrogens is 2. The largest absolute Gasteiger partial charge is 0.324 e. The van der Waals surface area contributed by atoms with Crippen molar-refractivity contribution < 1.29 is 0 Å². The van der Waals surface area contributed by atoms with Crippen LogP contribution in [0.15, 0.2) is 185 Å². The van der Waals surface area contributed by atoms with E-state index < -0.39 is 0 Å². The molecule has 0 aliphatic carbocycles. The first-order valence-electron chi connectivity index (χ1n) is 45.2. The highest BCUT2D eigenvalue weighted by Crippen LogP contribution is 2.51. The lowest BCUT2D eigenvalue weighted by Crippen LogP contribution is -2.28. The Morgan fingerprint density at radius 3 is 0.602 bits per heavy atom. The SMILES string of the molecule is c1ccc(CN2CCSCCCSc3ccc(c4c3-c3nc-4nc4[nH]c(nc5nc(nc6[nH]c(n3)c3c7ccc(c63)SCCCSCCN(Cc3ccccn3)CCSCCCS7)-c3c6ccc(c3-5)SCCCSCCN(Cc3ccccn3)CCSCCCS6)c3c5ccc(c43)SCCCSCCN(Cc3ccccn3)CCSCCCS5)SCCCSCC2)nc1. The zero-order valence-corrected chi connectivity index (χ0v) is 85.8. The average Bonchev–Trinajstić information content (AvgIpc) is 1.57. The van der Waals surface area contributed by atoms with Gasteiger partial charge in [-0.15, -0.1) is 94.1 Å². The van der Waals surface area contributed by atoms with Gasteiger partial charge in [0.15, 0.2) is 23.3 Å². The van der Waals surface area contributed by atoms with Crippen LogP contribution in [0.2, 0.25) is 0 Å². The Hall–Kier alpha value is -3.72. The van der Waals surface area contributed by atoms with E-state index in [2.05, 4.69) is 221 Å². The van der Waals surface area contributed by atoms with Crippen molar-refractivity contribution in [1.82, 2.24) is 79.4 Å². The van der Waals surface area contributed by atoms with Gasteiger partial charge in [-0.05, 0) is 240 Å². The number of rotatable bonds is 8. The number of hydrogen-bond acceptors (Lipinski definition) is 30. The lowest BCUT2D eigenvalue weighted by Gasteiger charge is -2.21. The first kappa shape index (κ1) is 96.0. The molecule has 11 aromatic rings. The molecule has 674 valence electrons. The quantitative estimate of drug-likeness (QED) is 0.147. The van der Waals surface area contributed by atoms with Gasteiger partial charge in [0.25, 0.3) is 0 Å². The van der Waals surface area contributed by atoms with Crippen LogP contribution in [0.1, 0.15) is 74.1 Å². The van der Waals surface area contributed by atoms with Gasteiger partial charge in [0.05, 0.1) is 22.8 Å². The van der Waals surface area contributed by atoms with Gasteiger partial charge in [-0.1, -0.05) is 24.3 Å². The molecule has 4 aromatic carbocycles. The summed E-state index contributed by atoms with van der Waals surface area (Å²) < 4.78 is 0. The maximum Gasteiger partial charge on any atom is 0.165 e. The maximum absolute atomic E-state index is 6.14. The normalized spacial score (nSPS) is 18.8. The molecule has 0 amide bonds. The van der Waals surface area contributed by atoms with Gasteiger partial charge in [0, 0.05) is 232 Å². The number of benzene rings is 4. The van der Waals surface area contributed by atoms with Crippen molar-refractivity contribution in [3.63, 3.8) is 0 Å². The zero-order chi connectivity index (χ0) is 86.4. The summed E-state index contributed by atoms with van der Waals surface area (Å²) in [5.41, 5.74) is 11.9. The number of nitrogens with one attached hydrogen (secondary N) is 2. The molecular formula is C96H114N16S16. The molecule has 17 heterocycles. The smallest absolute Gasteiger partial charge is 0.165 e. The van der Waals surface area contributed by atoms with Gasteiger partial charge >= 0.3 is 0 Å². The molecule has 0 unspecified atom stereocenters. The third-order valence-corrected chi connectivity index (χ3v) is 40.1. The summed E-state index contributed by atoms with van der Waals surface area (Å²) in [4.78, 5) is 83.9. The van der Waals surface area contributed by atoms with Crippen LogP contribution < -0.4 is 0 Å². The summed E-state index contributed by atoms with van der Waals surface area (Å²) in [6, 6.07) is 44.5. The second-order valence-corrected chi connectivity index (χ2v) is 50.7. The molecule has 0 radical (unpaired) electrons. The molecule has 10 aliphatic heterocycles. The van der Waals surface area contributed by atoms with Crippen molar-refractivity contribution >= 4 is 232 Å². The summed E-state index contributed by atoms with van der Waals surface area (Å²) in [5.74, 6) is 27.7. The van der Waals surface area contributed by atoms with E-state index in [0.717, 1.165) is 357 Å². The van der Waals surface area contributed by atoms with Crippen molar-refractivity contribution in [2.24, 2.45) is 0 Å². The molecule has 0 fully saturated rings. The van der Waals surface area contributed by atoms with Crippen molar-refractivity contribution in [1.29, 1.82) is 0 Å². The molecule has 16 bridgehead atoms. The molecule has 21 rings (SSSR count). The fourth-order valence-electron chi connectivity index (χ4n) is 16.1. The van der Waals surface area contributed by atoms with E-state index in [1.165, 1.54) is 39.2 Å². The Morgan fingerprint density at radius 2 is 0.406 bits per heavy atom. The van der Waals surface area contributed by atoms with Crippen molar-refractivity contribution in [2.45, 2.75) is 117 Å². The topological polar surface area (TPSA) is 173 Å². The molecule has 7 aromatic heterocycles. The highest BCUT2D eigenvalue weighted by Gasteiger charge is 2.32. The highest BCUT2D eigenvalue weighted by molar-refractivity contribution is 8.03. The summed E-state index contributed by atoms with van der Waals surface area (Å²) in [6.07, 6.45) is 16.3. The molecule has 10 aliphatic rings. The standard InChI is InChI=1S/C96H114N16S16/c1-5-29-97-69(17-1)65-109-33-57-113-41-9-49-121-73-21-22-74(122-50-10-42-114-58-34-109)82-81(73)89-101-90(82)106-92-84-76-24-26-78(126-54-14-46-118-62-38-111(36-60-116-44-12-52-124-76)67-71-19-3-7-31-99-71)86(84)94(103-92)108-96-88-80-28-27-79(127-55-15-47-119-63-39-112(40-64-120-48-16-56-128-80)68-72-20-4-8-32-100-72)87(88)95(104-96)107-93-85-77-25-23-75(83(85)91(102-93)105-89)123-51-11-43-115-59-35-110(37-61-117-45-13-53-125-77)66-70-18-2-6-30-98-70/h1-8,17-32H,9-16,33-68H2,(H2,101,102,103,104,105,106,107,108). The van der Waals surface area contributed by atoms with E-state index in [1.54, 1.807) is 0 Å². The van der Waals surface area contributed by atoms with Crippen LogP contribution in [-0.4, -0.2) is 270 Å². The second-order valence-electron chi connectivity index (χ2n) is 31.8. The van der Waals surface area contributed by atoms with Gasteiger partial charge in [-0.2, -0.15) is 94.1 Å². The van der Waals surface area contributed by atoms with Crippen LogP contribution in [0.3, 0.4) is 0 Å². The molecule has 32 heteroatoms. The van der Waals surface area contributed by atoms with Crippen molar-refractivity contribution in [3.05, 3.63) is 169 Å². The minimum atomic E-state index is 0.685. The number of fused-ring (bicyclic) bond motifs is 68. The Labute approximate surface area is 824 Å². The Balaban J connectivity index is 0.828. The van der Waals surface area contributed by atoms with Crippen LogP contribution in [0.25, 0.3) is 89.7 Å². The lowest BCUT2D eigenvalue weighted by atomic mass is 10.1. The minimum absolute atomic E-state index is 0.685.